The number of amides is 1. The molecule has 3 atom stereocenters. The van der Waals surface area contributed by atoms with E-state index in [2.05, 4.69) is 40.1 Å². The van der Waals surface area contributed by atoms with Crippen LogP contribution in [0.15, 0.2) is 30.3 Å². The molecule has 0 radical (unpaired) electrons. The number of fused-ring (bicyclic) bond motifs is 1. The zero-order valence-electron chi connectivity index (χ0n) is 16.7. The molecule has 3 aliphatic heterocycles. The molecule has 1 amide bonds. The Morgan fingerprint density at radius 3 is 2.63 bits per heavy atom. The first-order valence-corrected chi connectivity index (χ1v) is 10.9. The minimum Gasteiger partial charge on any atom is -0.385 e. The summed E-state index contributed by atoms with van der Waals surface area (Å²) in [6, 6.07) is 11.7. The number of rotatable bonds is 6. The molecule has 0 saturated carbocycles. The van der Waals surface area contributed by atoms with E-state index in [4.69, 9.17) is 4.74 Å². The van der Waals surface area contributed by atoms with Crippen LogP contribution in [0.25, 0.3) is 0 Å². The Kier molecular flexibility index (Phi) is 6.14. The lowest BCUT2D eigenvalue weighted by Gasteiger charge is -2.34. The lowest BCUT2D eigenvalue weighted by molar-refractivity contribution is -0.137. The number of piperidine rings is 1. The number of likely N-dealkylation sites (tertiary alicyclic amines) is 1. The molecule has 4 nitrogen and oxygen atoms in total. The van der Waals surface area contributed by atoms with Gasteiger partial charge in [0.2, 0.25) is 5.91 Å². The molecule has 3 heterocycles. The Morgan fingerprint density at radius 2 is 1.89 bits per heavy atom. The number of nitrogens with zero attached hydrogens (tertiary/aromatic N) is 2. The molecule has 3 aliphatic rings. The van der Waals surface area contributed by atoms with E-state index in [1.807, 2.05) is 0 Å². The molecule has 0 spiro atoms. The summed E-state index contributed by atoms with van der Waals surface area (Å²) < 4.78 is 5.18. The summed E-state index contributed by atoms with van der Waals surface area (Å²) in [5.41, 5.74) is 1.39. The van der Waals surface area contributed by atoms with Crippen LogP contribution >= 0.6 is 0 Å². The van der Waals surface area contributed by atoms with Crippen molar-refractivity contribution in [3.8, 4) is 0 Å². The van der Waals surface area contributed by atoms with E-state index in [-0.39, 0.29) is 5.92 Å². The van der Waals surface area contributed by atoms with E-state index in [1.165, 1.54) is 37.7 Å². The van der Waals surface area contributed by atoms with E-state index in [0.717, 1.165) is 45.0 Å². The molecule has 1 aromatic rings. The Bertz CT molecular complexity index is 612. The second-order valence-corrected chi connectivity index (χ2v) is 8.62. The van der Waals surface area contributed by atoms with Crippen LogP contribution < -0.4 is 0 Å². The number of ether oxygens (including phenoxy) is 1. The van der Waals surface area contributed by atoms with Gasteiger partial charge in [-0.2, -0.15) is 0 Å². The maximum atomic E-state index is 13.4. The third kappa shape index (κ3) is 4.07. The molecule has 4 heteroatoms. The van der Waals surface area contributed by atoms with Gasteiger partial charge in [-0.05, 0) is 63.0 Å². The minimum atomic E-state index is 0.197. The smallest absolute Gasteiger partial charge is 0.227 e. The average molecular weight is 371 g/mol. The van der Waals surface area contributed by atoms with Crippen molar-refractivity contribution in [3.05, 3.63) is 35.9 Å². The lowest BCUT2D eigenvalue weighted by atomic mass is 9.89. The van der Waals surface area contributed by atoms with Gasteiger partial charge in [0.15, 0.2) is 0 Å². The molecular formula is C23H34N2O2. The maximum Gasteiger partial charge on any atom is 0.227 e. The maximum absolute atomic E-state index is 13.4. The zero-order chi connectivity index (χ0) is 18.6. The zero-order valence-corrected chi connectivity index (χ0v) is 16.7. The van der Waals surface area contributed by atoms with Crippen molar-refractivity contribution in [3.63, 3.8) is 0 Å². The monoisotopic (exact) mass is 370 g/mol. The van der Waals surface area contributed by atoms with Crippen molar-refractivity contribution in [2.45, 2.75) is 57.0 Å². The fourth-order valence-corrected chi connectivity index (χ4v) is 5.63. The number of carbonyl (C=O) groups excluding carboxylic acids is 1. The van der Waals surface area contributed by atoms with Crippen LogP contribution in [0.2, 0.25) is 0 Å². The number of benzene rings is 1. The molecule has 3 saturated heterocycles. The summed E-state index contributed by atoms with van der Waals surface area (Å²) in [5, 5.41) is 0. The molecule has 27 heavy (non-hydrogen) atoms. The van der Waals surface area contributed by atoms with Gasteiger partial charge < -0.3 is 9.64 Å². The van der Waals surface area contributed by atoms with E-state index in [9.17, 15) is 4.79 Å². The molecule has 148 valence electrons. The highest BCUT2D eigenvalue weighted by molar-refractivity contribution is 5.80. The summed E-state index contributed by atoms with van der Waals surface area (Å²) in [4.78, 5) is 18.2. The van der Waals surface area contributed by atoms with E-state index in [1.54, 1.807) is 7.11 Å². The van der Waals surface area contributed by atoms with Gasteiger partial charge in [-0.25, -0.2) is 0 Å². The van der Waals surface area contributed by atoms with Crippen LogP contribution in [-0.4, -0.2) is 55.1 Å². The number of hydrogen-bond acceptors (Lipinski definition) is 3. The second kappa shape index (κ2) is 8.74. The first-order chi connectivity index (χ1) is 13.3. The first-order valence-electron chi connectivity index (χ1n) is 10.9. The molecule has 0 aliphatic carbocycles. The quantitative estimate of drug-likeness (QED) is 0.713. The van der Waals surface area contributed by atoms with Gasteiger partial charge in [0.05, 0.1) is 5.92 Å². The highest BCUT2D eigenvalue weighted by Crippen LogP contribution is 2.45. The Labute approximate surface area is 163 Å². The minimum absolute atomic E-state index is 0.197. The predicted octanol–water partition coefficient (Wildman–Crippen LogP) is 3.88. The highest BCUT2D eigenvalue weighted by atomic mass is 16.5. The van der Waals surface area contributed by atoms with E-state index >= 15 is 0 Å². The van der Waals surface area contributed by atoms with Crippen LogP contribution in [0.5, 0.6) is 0 Å². The van der Waals surface area contributed by atoms with Gasteiger partial charge in [-0.3, -0.25) is 9.69 Å². The van der Waals surface area contributed by atoms with Crippen molar-refractivity contribution < 1.29 is 9.53 Å². The van der Waals surface area contributed by atoms with Gasteiger partial charge >= 0.3 is 0 Å². The van der Waals surface area contributed by atoms with Gasteiger partial charge in [-0.1, -0.05) is 30.3 Å². The highest BCUT2D eigenvalue weighted by Gasteiger charge is 2.48. The summed E-state index contributed by atoms with van der Waals surface area (Å²) in [6.45, 7) is 3.92. The van der Waals surface area contributed by atoms with Gasteiger partial charge in [0, 0.05) is 38.9 Å². The van der Waals surface area contributed by atoms with Crippen molar-refractivity contribution in [1.29, 1.82) is 0 Å². The lowest BCUT2D eigenvalue weighted by Crippen LogP contribution is -2.44. The molecule has 0 N–H and O–H groups in total. The topological polar surface area (TPSA) is 32.8 Å². The van der Waals surface area contributed by atoms with Crippen LogP contribution in [0.3, 0.4) is 0 Å². The third-order valence-corrected chi connectivity index (χ3v) is 7.07. The summed E-state index contributed by atoms with van der Waals surface area (Å²) >= 11 is 0. The number of hydrogen-bond donors (Lipinski definition) is 0. The van der Waals surface area contributed by atoms with Crippen LogP contribution in [0, 0.1) is 11.8 Å². The summed E-state index contributed by atoms with van der Waals surface area (Å²) in [5.74, 6) is 1.40. The predicted molar refractivity (Wildman–Crippen MR) is 107 cm³/mol. The van der Waals surface area contributed by atoms with Gasteiger partial charge in [-0.15, -0.1) is 0 Å². The van der Waals surface area contributed by atoms with Crippen LogP contribution in [-0.2, 0) is 9.53 Å². The van der Waals surface area contributed by atoms with Gasteiger partial charge in [0.25, 0.3) is 0 Å². The van der Waals surface area contributed by atoms with Crippen LogP contribution in [0.4, 0.5) is 0 Å². The summed E-state index contributed by atoms with van der Waals surface area (Å²) in [7, 11) is 1.78. The van der Waals surface area contributed by atoms with E-state index < -0.39 is 0 Å². The SMILES string of the molecule is COCCCC1CCN(C(=O)[C@H]2C[C@@H](c3ccccc3)N3CCC[C@H]23)CC1. The molecule has 1 aromatic carbocycles. The third-order valence-electron chi connectivity index (χ3n) is 7.07. The van der Waals surface area contributed by atoms with Crippen molar-refractivity contribution >= 4 is 5.91 Å². The average Bonchev–Trinajstić information content (AvgIpc) is 3.32. The van der Waals surface area contributed by atoms with Crippen molar-refractivity contribution in [2.24, 2.45) is 11.8 Å². The fraction of sp³-hybridized carbons (Fsp3) is 0.696. The standard InChI is InChI=1S/C23H34N2O2/c1-27-16-6-7-18-11-14-24(15-12-18)23(26)20-17-22(19-8-3-2-4-9-19)25-13-5-10-21(20)25/h2-4,8-9,18,20-22H,5-7,10-17H2,1H3/t20-,21+,22-/m0/s1. The van der Waals surface area contributed by atoms with Crippen molar-refractivity contribution in [2.75, 3.05) is 33.4 Å². The Morgan fingerprint density at radius 1 is 1.11 bits per heavy atom. The normalized spacial score (nSPS) is 29.2. The van der Waals surface area contributed by atoms with Crippen LogP contribution in [0.1, 0.15) is 56.6 Å². The first kappa shape index (κ1) is 18.9. The largest absolute Gasteiger partial charge is 0.385 e. The number of methoxy groups -OCH3 is 1. The molecule has 3 fully saturated rings. The molecule has 0 unspecified atom stereocenters. The fourth-order valence-electron chi connectivity index (χ4n) is 5.63. The molecule has 0 aromatic heterocycles. The Hall–Kier alpha value is -1.39. The molecule has 0 bridgehead atoms. The second-order valence-electron chi connectivity index (χ2n) is 8.62. The van der Waals surface area contributed by atoms with Gasteiger partial charge in [0.1, 0.15) is 0 Å². The summed E-state index contributed by atoms with van der Waals surface area (Å²) in [6.07, 6.45) is 8.14. The van der Waals surface area contributed by atoms with Crippen molar-refractivity contribution in [1.82, 2.24) is 9.80 Å². The molecular weight excluding hydrogens is 336 g/mol. The number of carbonyl (C=O) groups is 1. The molecule has 4 rings (SSSR count). The van der Waals surface area contributed by atoms with E-state index in [0.29, 0.717) is 18.0 Å². The Balaban J connectivity index is 1.36.